The van der Waals surface area contributed by atoms with Crippen LogP contribution >= 0.6 is 0 Å². The first-order valence-electron chi connectivity index (χ1n) is 19.9. The Hall–Kier alpha value is -0.790. The molecule has 0 fully saturated rings. The van der Waals surface area contributed by atoms with Gasteiger partial charge in [0.2, 0.25) is 0 Å². The van der Waals surface area contributed by atoms with E-state index >= 15 is 0 Å². The van der Waals surface area contributed by atoms with Crippen molar-refractivity contribution in [1.29, 1.82) is 0 Å². The van der Waals surface area contributed by atoms with Gasteiger partial charge in [0.15, 0.2) is 0 Å². The van der Waals surface area contributed by atoms with E-state index in [0.29, 0.717) is 0 Å². The topological polar surface area (TPSA) is 8.81 Å². The second kappa shape index (κ2) is 31.6. The van der Waals surface area contributed by atoms with Gasteiger partial charge in [0, 0.05) is 6.42 Å². The highest BCUT2D eigenvalue weighted by molar-refractivity contribution is 4.84. The first-order valence-corrected chi connectivity index (χ1v) is 19.9. The van der Waals surface area contributed by atoms with Crippen molar-refractivity contribution in [2.75, 3.05) is 0 Å². The Morgan fingerprint density at radius 2 is 0.738 bits per heavy atom. The van der Waals surface area contributed by atoms with Crippen LogP contribution in [0.5, 0.6) is 0 Å². The number of aromatic nitrogens is 2. The lowest BCUT2D eigenvalue weighted by molar-refractivity contribution is -0.704. The molecule has 1 aromatic rings. The predicted octanol–water partition coefficient (Wildman–Crippen LogP) is 13.5. The van der Waals surface area contributed by atoms with Crippen molar-refractivity contribution in [3.63, 3.8) is 0 Å². The van der Waals surface area contributed by atoms with Gasteiger partial charge in [0.05, 0.1) is 13.1 Å². The van der Waals surface area contributed by atoms with Gasteiger partial charge in [-0.25, -0.2) is 9.13 Å². The zero-order valence-electron chi connectivity index (χ0n) is 29.6. The SMILES string of the molecule is CCCCCCCCCCCCCCn1cc[n+](CCCCCCCCCCCCCC)c1CCCCCCCCC. The molecule has 0 amide bonds. The van der Waals surface area contributed by atoms with Crippen LogP contribution in [0.4, 0.5) is 0 Å². The summed E-state index contributed by atoms with van der Waals surface area (Å²) in [6, 6.07) is 0. The van der Waals surface area contributed by atoms with Crippen LogP contribution in [-0.4, -0.2) is 4.57 Å². The van der Waals surface area contributed by atoms with E-state index in [9.17, 15) is 0 Å². The summed E-state index contributed by atoms with van der Waals surface area (Å²) in [7, 11) is 0. The molecule has 0 saturated carbocycles. The fourth-order valence-electron chi connectivity index (χ4n) is 6.68. The van der Waals surface area contributed by atoms with E-state index in [1.807, 2.05) is 0 Å². The fraction of sp³-hybridized carbons (Fsp3) is 0.925. The van der Waals surface area contributed by atoms with Gasteiger partial charge in [-0.3, -0.25) is 0 Å². The highest BCUT2D eigenvalue weighted by Gasteiger charge is 2.16. The number of imidazole rings is 1. The molecule has 0 saturated heterocycles. The van der Waals surface area contributed by atoms with E-state index in [-0.39, 0.29) is 0 Å². The summed E-state index contributed by atoms with van der Waals surface area (Å²) in [5.41, 5.74) is 0. The van der Waals surface area contributed by atoms with Crippen molar-refractivity contribution in [2.24, 2.45) is 0 Å². The molecule has 0 aliphatic carbocycles. The van der Waals surface area contributed by atoms with Gasteiger partial charge in [-0.05, 0) is 32.1 Å². The molecule has 42 heavy (non-hydrogen) atoms. The molecule has 0 bridgehead atoms. The van der Waals surface area contributed by atoms with E-state index < -0.39 is 0 Å². The second-order valence-corrected chi connectivity index (χ2v) is 13.8. The lowest BCUT2D eigenvalue weighted by Gasteiger charge is -2.07. The minimum Gasteiger partial charge on any atom is -0.234 e. The van der Waals surface area contributed by atoms with Crippen molar-refractivity contribution in [1.82, 2.24) is 4.57 Å². The van der Waals surface area contributed by atoms with Crippen molar-refractivity contribution >= 4 is 0 Å². The van der Waals surface area contributed by atoms with Crippen LogP contribution in [0.15, 0.2) is 12.4 Å². The number of nitrogens with zero attached hydrogens (tertiary/aromatic N) is 2. The minimum absolute atomic E-state index is 1.23. The molecule has 0 N–H and O–H groups in total. The average Bonchev–Trinajstić information content (AvgIpc) is 3.38. The van der Waals surface area contributed by atoms with Crippen LogP contribution in [0, 0.1) is 0 Å². The molecule has 0 aliphatic rings. The Morgan fingerprint density at radius 3 is 1.14 bits per heavy atom. The van der Waals surface area contributed by atoms with Gasteiger partial charge in [-0.1, -0.05) is 188 Å². The fourth-order valence-corrected chi connectivity index (χ4v) is 6.68. The number of hydrogen-bond donors (Lipinski definition) is 0. The normalized spacial score (nSPS) is 11.6. The Labute approximate surface area is 266 Å². The summed E-state index contributed by atoms with van der Waals surface area (Å²) >= 11 is 0. The molecular weight excluding hydrogens is 508 g/mol. The van der Waals surface area contributed by atoms with Crippen LogP contribution in [0.2, 0.25) is 0 Å². The van der Waals surface area contributed by atoms with Crippen LogP contribution < -0.4 is 4.57 Å². The zero-order valence-corrected chi connectivity index (χ0v) is 29.6. The van der Waals surface area contributed by atoms with E-state index in [1.165, 1.54) is 219 Å². The Balaban J connectivity index is 2.27. The Kier molecular flexibility index (Phi) is 29.5. The molecule has 0 spiro atoms. The summed E-state index contributed by atoms with van der Waals surface area (Å²) in [6.07, 6.45) is 50.4. The lowest BCUT2D eigenvalue weighted by Crippen LogP contribution is -2.37. The largest absolute Gasteiger partial charge is 0.256 e. The van der Waals surface area contributed by atoms with Gasteiger partial charge in [-0.2, -0.15) is 0 Å². The van der Waals surface area contributed by atoms with Crippen molar-refractivity contribution in [3.05, 3.63) is 18.2 Å². The summed E-state index contributed by atoms with van der Waals surface area (Å²) < 4.78 is 5.27. The average molecular weight is 588 g/mol. The van der Waals surface area contributed by atoms with E-state index in [2.05, 4.69) is 42.3 Å². The maximum atomic E-state index is 2.63. The molecule has 1 rings (SSSR count). The summed E-state index contributed by atoms with van der Waals surface area (Å²) in [6.45, 7) is 9.40. The van der Waals surface area contributed by atoms with Gasteiger partial charge in [0.25, 0.3) is 5.82 Å². The number of rotatable bonds is 34. The maximum Gasteiger partial charge on any atom is 0.256 e. The second-order valence-electron chi connectivity index (χ2n) is 13.8. The quantitative estimate of drug-likeness (QED) is 0.0560. The van der Waals surface area contributed by atoms with Gasteiger partial charge >= 0.3 is 0 Å². The van der Waals surface area contributed by atoms with E-state index in [0.717, 1.165) is 0 Å². The summed E-state index contributed by atoms with van der Waals surface area (Å²) in [5, 5.41) is 0. The standard InChI is InChI=1S/C40H79N2/c1-4-7-10-13-16-18-20-22-24-27-30-33-36-41-38-39-42(40(41)35-32-29-26-15-12-9-6-3)37-34-31-28-25-23-21-19-17-14-11-8-5-2/h38-39H,4-37H2,1-3H3/q+1. The maximum absolute atomic E-state index is 2.63. The summed E-state index contributed by atoms with van der Waals surface area (Å²) in [5.74, 6) is 1.62. The predicted molar refractivity (Wildman–Crippen MR) is 188 cm³/mol. The molecule has 248 valence electrons. The molecule has 0 unspecified atom stereocenters. The van der Waals surface area contributed by atoms with E-state index in [4.69, 9.17) is 0 Å². The molecule has 1 aromatic heterocycles. The third kappa shape index (κ3) is 23.6. The smallest absolute Gasteiger partial charge is 0.234 e. The van der Waals surface area contributed by atoms with Crippen LogP contribution in [0.3, 0.4) is 0 Å². The first-order chi connectivity index (χ1) is 20.8. The molecule has 2 heteroatoms. The van der Waals surface area contributed by atoms with Crippen molar-refractivity contribution in [2.45, 2.75) is 239 Å². The Morgan fingerprint density at radius 1 is 0.405 bits per heavy atom. The zero-order chi connectivity index (χ0) is 30.2. The lowest BCUT2D eigenvalue weighted by atomic mass is 10.1. The van der Waals surface area contributed by atoms with Gasteiger partial charge in [0.1, 0.15) is 12.4 Å². The number of aryl methyl sites for hydroxylation is 2. The molecule has 0 radical (unpaired) electrons. The molecule has 1 heterocycles. The number of unbranched alkanes of at least 4 members (excludes halogenated alkanes) is 28. The van der Waals surface area contributed by atoms with Crippen LogP contribution in [0.25, 0.3) is 0 Å². The summed E-state index contributed by atoms with van der Waals surface area (Å²) in [4.78, 5) is 0. The third-order valence-corrected chi connectivity index (χ3v) is 9.60. The highest BCUT2D eigenvalue weighted by atomic mass is 15.1. The van der Waals surface area contributed by atoms with Gasteiger partial charge in [-0.15, -0.1) is 0 Å². The van der Waals surface area contributed by atoms with Crippen LogP contribution in [0.1, 0.15) is 226 Å². The minimum atomic E-state index is 1.23. The Bertz CT molecular complexity index is 603. The number of hydrogen-bond acceptors (Lipinski definition) is 0. The highest BCUT2D eigenvalue weighted by Crippen LogP contribution is 2.15. The molecule has 2 nitrogen and oxygen atoms in total. The van der Waals surface area contributed by atoms with E-state index in [1.54, 1.807) is 5.82 Å². The third-order valence-electron chi connectivity index (χ3n) is 9.60. The van der Waals surface area contributed by atoms with Crippen molar-refractivity contribution < 1.29 is 4.57 Å². The van der Waals surface area contributed by atoms with Crippen LogP contribution in [-0.2, 0) is 19.5 Å². The van der Waals surface area contributed by atoms with Gasteiger partial charge < -0.3 is 0 Å². The van der Waals surface area contributed by atoms with Crippen molar-refractivity contribution in [3.8, 4) is 0 Å². The first kappa shape index (κ1) is 39.2. The molecule has 0 aliphatic heterocycles. The monoisotopic (exact) mass is 588 g/mol. The molecular formula is C40H79N2+. The molecule has 0 aromatic carbocycles. The molecule has 0 atom stereocenters.